The van der Waals surface area contributed by atoms with Crippen molar-refractivity contribution < 1.29 is 0 Å². The van der Waals surface area contributed by atoms with E-state index in [1.807, 2.05) is 48.5 Å². The summed E-state index contributed by atoms with van der Waals surface area (Å²) in [5.74, 6) is 0.344. The molecule has 0 unspecified atom stereocenters. The van der Waals surface area contributed by atoms with Crippen LogP contribution in [-0.4, -0.2) is 30.0 Å². The van der Waals surface area contributed by atoms with Crippen LogP contribution in [0, 0.1) is 0 Å². The fourth-order valence-corrected chi connectivity index (χ4v) is 3.24. The van der Waals surface area contributed by atoms with Gasteiger partial charge in [0.05, 0.1) is 11.2 Å². The molecule has 0 aliphatic carbocycles. The fourth-order valence-electron chi connectivity index (χ4n) is 3.24. The van der Waals surface area contributed by atoms with E-state index in [1.165, 1.54) is 10.6 Å². The van der Waals surface area contributed by atoms with Gasteiger partial charge in [-0.3, -0.25) is 9.89 Å². The topological polar surface area (TPSA) is 118 Å². The molecule has 0 atom stereocenters. The molecule has 8 heteroatoms. The molecule has 4 N–H and O–H groups in total. The first-order chi connectivity index (χ1) is 13.2. The number of nitrogen functional groups attached to an aromatic ring is 1. The molecule has 27 heavy (non-hydrogen) atoms. The summed E-state index contributed by atoms with van der Waals surface area (Å²) < 4.78 is 1.31. The number of hydrogen-bond donors (Lipinski definition) is 3. The molecule has 3 heterocycles. The molecule has 0 amide bonds. The molecule has 0 spiro atoms. The lowest BCUT2D eigenvalue weighted by atomic mass is 10.1. The molecule has 0 fully saturated rings. The lowest BCUT2D eigenvalue weighted by molar-refractivity contribution is 0.906. The van der Waals surface area contributed by atoms with Gasteiger partial charge in [-0.15, -0.1) is 10.2 Å². The van der Waals surface area contributed by atoms with E-state index in [9.17, 15) is 4.79 Å². The average Bonchev–Trinajstić information content (AvgIpc) is 3.27. The average molecular weight is 357 g/mol. The highest BCUT2D eigenvalue weighted by Gasteiger charge is 2.15. The Kier molecular flexibility index (Phi) is 3.29. The second-order valence-electron chi connectivity index (χ2n) is 6.35. The maximum atomic E-state index is 12.6. The zero-order valence-corrected chi connectivity index (χ0v) is 14.2. The van der Waals surface area contributed by atoms with Crippen LogP contribution in [0.1, 0.15) is 11.1 Å². The number of nitrogens with one attached hydrogen (secondary N) is 2. The summed E-state index contributed by atoms with van der Waals surface area (Å²) >= 11 is 0. The van der Waals surface area contributed by atoms with Crippen LogP contribution in [0.15, 0.2) is 59.4 Å². The third-order valence-electron chi connectivity index (χ3n) is 4.60. The van der Waals surface area contributed by atoms with E-state index >= 15 is 0 Å². The van der Waals surface area contributed by atoms with Crippen LogP contribution < -0.4 is 11.3 Å². The number of H-pyrrole nitrogens is 2. The van der Waals surface area contributed by atoms with Gasteiger partial charge in [-0.1, -0.05) is 41.6 Å². The van der Waals surface area contributed by atoms with Gasteiger partial charge in [0.25, 0.3) is 5.56 Å². The Morgan fingerprint density at radius 3 is 2.78 bits per heavy atom. The van der Waals surface area contributed by atoms with E-state index in [0.29, 0.717) is 23.6 Å². The van der Waals surface area contributed by atoms with Crippen molar-refractivity contribution in [2.75, 3.05) is 5.73 Å². The zero-order chi connectivity index (χ0) is 18.4. The summed E-state index contributed by atoms with van der Waals surface area (Å²) in [5, 5.41) is 14.8. The van der Waals surface area contributed by atoms with Gasteiger partial charge in [0.15, 0.2) is 5.82 Å². The van der Waals surface area contributed by atoms with E-state index in [1.54, 1.807) is 0 Å². The van der Waals surface area contributed by atoms with Crippen molar-refractivity contribution in [3.63, 3.8) is 0 Å². The Balaban J connectivity index is 1.68. The van der Waals surface area contributed by atoms with E-state index in [4.69, 9.17) is 5.73 Å². The summed E-state index contributed by atoms with van der Waals surface area (Å²) in [6, 6.07) is 17.1. The standard InChI is InChI=1S/C19H15N7O/c20-18-13(8-11-4-2-1-3-5-11)19-21-15(10-17(27)26(19)24-18)12-6-7-14-16(9-12)23-25-22-14/h1-7,9-10,21H,8H2,(H2,20,24)(H,22,23,25). The van der Waals surface area contributed by atoms with Crippen LogP contribution in [0.4, 0.5) is 5.82 Å². The lowest BCUT2D eigenvalue weighted by Gasteiger charge is -2.05. The first-order valence-electron chi connectivity index (χ1n) is 8.44. The van der Waals surface area contributed by atoms with Crippen LogP contribution in [0.3, 0.4) is 0 Å². The Labute approximate surface area is 152 Å². The molecular weight excluding hydrogens is 342 g/mol. The van der Waals surface area contributed by atoms with Gasteiger partial charge in [0, 0.05) is 23.6 Å². The number of benzene rings is 2. The predicted octanol–water partition coefficient (Wildman–Crippen LogP) is 2.13. The van der Waals surface area contributed by atoms with E-state index in [-0.39, 0.29) is 5.56 Å². The molecule has 0 bridgehead atoms. The normalized spacial score (nSPS) is 11.4. The molecule has 0 aliphatic rings. The van der Waals surface area contributed by atoms with Crippen molar-refractivity contribution in [2.24, 2.45) is 0 Å². The van der Waals surface area contributed by atoms with Gasteiger partial charge in [0.2, 0.25) is 0 Å². The maximum Gasteiger partial charge on any atom is 0.274 e. The minimum atomic E-state index is -0.245. The van der Waals surface area contributed by atoms with Gasteiger partial charge in [-0.25, -0.2) is 0 Å². The largest absolute Gasteiger partial charge is 0.382 e. The van der Waals surface area contributed by atoms with Crippen molar-refractivity contribution in [1.29, 1.82) is 0 Å². The number of rotatable bonds is 3. The summed E-state index contributed by atoms with van der Waals surface area (Å²) in [5.41, 5.74) is 11.4. The quantitative estimate of drug-likeness (QED) is 0.457. The maximum absolute atomic E-state index is 12.6. The van der Waals surface area contributed by atoms with Crippen LogP contribution in [0.2, 0.25) is 0 Å². The summed E-state index contributed by atoms with van der Waals surface area (Å²) in [4.78, 5) is 15.9. The summed E-state index contributed by atoms with van der Waals surface area (Å²) in [6.07, 6.45) is 0.581. The van der Waals surface area contributed by atoms with E-state index in [0.717, 1.165) is 27.7 Å². The molecule has 0 saturated carbocycles. The van der Waals surface area contributed by atoms with Crippen molar-refractivity contribution in [3.8, 4) is 11.3 Å². The fraction of sp³-hybridized carbons (Fsp3) is 0.0526. The highest BCUT2D eigenvalue weighted by Crippen LogP contribution is 2.24. The number of nitrogens with two attached hydrogens (primary N) is 1. The molecule has 8 nitrogen and oxygen atoms in total. The summed E-state index contributed by atoms with van der Waals surface area (Å²) in [6.45, 7) is 0. The Hall–Kier alpha value is -3.94. The smallest absolute Gasteiger partial charge is 0.274 e. The first-order valence-corrected chi connectivity index (χ1v) is 8.44. The number of anilines is 1. The third kappa shape index (κ3) is 2.54. The van der Waals surface area contributed by atoms with Gasteiger partial charge in [-0.2, -0.15) is 4.52 Å². The Bertz CT molecular complexity index is 1330. The molecule has 5 aromatic rings. The minimum absolute atomic E-state index is 0.245. The van der Waals surface area contributed by atoms with Gasteiger partial charge < -0.3 is 10.7 Å². The number of hydrogen-bond acceptors (Lipinski definition) is 5. The van der Waals surface area contributed by atoms with Gasteiger partial charge in [0.1, 0.15) is 11.2 Å². The second-order valence-corrected chi connectivity index (χ2v) is 6.35. The van der Waals surface area contributed by atoms with Gasteiger partial charge in [-0.05, 0) is 17.7 Å². The van der Waals surface area contributed by atoms with Gasteiger partial charge >= 0.3 is 0 Å². The van der Waals surface area contributed by atoms with Crippen LogP contribution >= 0.6 is 0 Å². The Morgan fingerprint density at radius 1 is 1.07 bits per heavy atom. The predicted molar refractivity (Wildman–Crippen MR) is 102 cm³/mol. The molecule has 5 rings (SSSR count). The molecule has 0 radical (unpaired) electrons. The number of nitrogens with zero attached hydrogens (tertiary/aromatic N) is 4. The minimum Gasteiger partial charge on any atom is -0.382 e. The van der Waals surface area contributed by atoms with Crippen molar-refractivity contribution in [1.82, 2.24) is 30.0 Å². The SMILES string of the molecule is Nc1nn2c(=O)cc(-c3ccc4[nH]nnc4c3)[nH]c2c1Cc1ccccc1. The molecule has 0 saturated heterocycles. The lowest BCUT2D eigenvalue weighted by Crippen LogP contribution is -2.14. The third-order valence-corrected chi connectivity index (χ3v) is 4.60. The monoisotopic (exact) mass is 357 g/mol. The van der Waals surface area contributed by atoms with Crippen molar-refractivity contribution in [3.05, 3.63) is 76.1 Å². The highest BCUT2D eigenvalue weighted by atomic mass is 16.1. The van der Waals surface area contributed by atoms with Crippen molar-refractivity contribution >= 4 is 22.5 Å². The van der Waals surface area contributed by atoms with E-state index < -0.39 is 0 Å². The number of aromatic nitrogens is 6. The molecule has 3 aromatic heterocycles. The molecule has 0 aliphatic heterocycles. The van der Waals surface area contributed by atoms with Crippen LogP contribution in [0.5, 0.6) is 0 Å². The first kappa shape index (κ1) is 15.3. The number of aromatic amines is 2. The van der Waals surface area contributed by atoms with Crippen LogP contribution in [-0.2, 0) is 6.42 Å². The van der Waals surface area contributed by atoms with Crippen molar-refractivity contribution in [2.45, 2.75) is 6.42 Å². The number of fused-ring (bicyclic) bond motifs is 2. The van der Waals surface area contributed by atoms with Crippen LogP contribution in [0.25, 0.3) is 27.9 Å². The molecule has 2 aromatic carbocycles. The zero-order valence-electron chi connectivity index (χ0n) is 14.2. The molecule has 132 valence electrons. The Morgan fingerprint density at radius 2 is 1.93 bits per heavy atom. The highest BCUT2D eigenvalue weighted by molar-refractivity contribution is 5.80. The van der Waals surface area contributed by atoms with E-state index in [2.05, 4.69) is 25.5 Å². The molecular formula is C19H15N7O. The second kappa shape index (κ2) is 5.80. The summed E-state index contributed by atoms with van der Waals surface area (Å²) in [7, 11) is 0.